The van der Waals surface area contributed by atoms with Crippen LogP contribution in [-0.2, 0) is 13.1 Å². The number of amides is 1. The molecule has 0 saturated carbocycles. The van der Waals surface area contributed by atoms with E-state index in [0.29, 0.717) is 6.54 Å². The van der Waals surface area contributed by atoms with Crippen molar-refractivity contribution in [3.8, 4) is 0 Å². The van der Waals surface area contributed by atoms with Gasteiger partial charge < -0.3 is 5.32 Å². The molecule has 2 aromatic rings. The number of nitrogens with one attached hydrogen (secondary N) is 1. The molecule has 0 radical (unpaired) electrons. The van der Waals surface area contributed by atoms with Gasteiger partial charge in [0.05, 0.1) is 0 Å². The van der Waals surface area contributed by atoms with Gasteiger partial charge in [0, 0.05) is 18.7 Å². The summed E-state index contributed by atoms with van der Waals surface area (Å²) >= 11 is 0. The van der Waals surface area contributed by atoms with Gasteiger partial charge in [-0.05, 0) is 74.2 Å². The summed E-state index contributed by atoms with van der Waals surface area (Å²) < 4.78 is 0. The Labute approximate surface area is 144 Å². The molecule has 3 nitrogen and oxygen atoms in total. The standard InChI is InChI=1S/C21H26N2O/c1-16-9-10-18(13-17(16)2)21(24)22-14-19-7-3-4-8-20(19)15-23-11-5-6-12-23/h3-4,7-10,13H,5-6,11-12,14-15H2,1-2H3,(H,22,24). The second kappa shape index (κ2) is 7.63. The maximum absolute atomic E-state index is 12.4. The highest BCUT2D eigenvalue weighted by Gasteiger charge is 2.14. The zero-order chi connectivity index (χ0) is 16.9. The minimum Gasteiger partial charge on any atom is -0.348 e. The monoisotopic (exact) mass is 322 g/mol. The van der Waals surface area contributed by atoms with Crippen LogP contribution in [0.15, 0.2) is 42.5 Å². The van der Waals surface area contributed by atoms with E-state index in [2.05, 4.69) is 35.3 Å². The fourth-order valence-corrected chi connectivity index (χ4v) is 3.23. The van der Waals surface area contributed by atoms with E-state index in [4.69, 9.17) is 0 Å². The molecule has 3 rings (SSSR count). The number of hydrogen-bond acceptors (Lipinski definition) is 2. The predicted molar refractivity (Wildman–Crippen MR) is 98.0 cm³/mol. The Bertz CT molecular complexity index is 718. The molecular formula is C21H26N2O. The van der Waals surface area contributed by atoms with E-state index in [-0.39, 0.29) is 5.91 Å². The van der Waals surface area contributed by atoms with Gasteiger partial charge in [-0.25, -0.2) is 0 Å². The Kier molecular flexibility index (Phi) is 5.31. The first kappa shape index (κ1) is 16.7. The first-order chi connectivity index (χ1) is 11.6. The van der Waals surface area contributed by atoms with Gasteiger partial charge in [-0.3, -0.25) is 9.69 Å². The zero-order valence-electron chi connectivity index (χ0n) is 14.6. The molecule has 126 valence electrons. The van der Waals surface area contributed by atoms with Gasteiger partial charge in [0.15, 0.2) is 0 Å². The van der Waals surface area contributed by atoms with Crippen LogP contribution in [0, 0.1) is 13.8 Å². The van der Waals surface area contributed by atoms with Crippen LogP contribution in [0.1, 0.15) is 45.5 Å². The lowest BCUT2D eigenvalue weighted by Crippen LogP contribution is -2.25. The molecular weight excluding hydrogens is 296 g/mol. The second-order valence-corrected chi connectivity index (χ2v) is 6.73. The average Bonchev–Trinajstić information content (AvgIpc) is 3.09. The Morgan fingerprint density at radius 2 is 1.71 bits per heavy atom. The number of hydrogen-bond donors (Lipinski definition) is 1. The van der Waals surface area contributed by atoms with E-state index in [1.54, 1.807) is 0 Å². The molecule has 3 heteroatoms. The molecule has 1 aliphatic rings. The fraction of sp³-hybridized carbons (Fsp3) is 0.381. The summed E-state index contributed by atoms with van der Waals surface area (Å²) in [6.45, 7) is 8.03. The summed E-state index contributed by atoms with van der Waals surface area (Å²) in [5.41, 5.74) is 5.62. The van der Waals surface area contributed by atoms with Gasteiger partial charge in [0.1, 0.15) is 0 Å². The number of nitrogens with zero attached hydrogens (tertiary/aromatic N) is 1. The van der Waals surface area contributed by atoms with E-state index in [9.17, 15) is 4.79 Å². The van der Waals surface area contributed by atoms with E-state index in [1.165, 1.54) is 42.6 Å². The van der Waals surface area contributed by atoms with Crippen LogP contribution >= 0.6 is 0 Å². The Balaban J connectivity index is 1.65. The van der Waals surface area contributed by atoms with Gasteiger partial charge in [0.25, 0.3) is 5.91 Å². The van der Waals surface area contributed by atoms with Crippen LogP contribution in [0.3, 0.4) is 0 Å². The molecule has 1 amide bonds. The molecule has 1 N–H and O–H groups in total. The Hall–Kier alpha value is -2.13. The lowest BCUT2D eigenvalue weighted by atomic mass is 10.0. The van der Waals surface area contributed by atoms with E-state index in [0.717, 1.165) is 17.7 Å². The minimum atomic E-state index is -0.00549. The van der Waals surface area contributed by atoms with Crippen LogP contribution in [0.25, 0.3) is 0 Å². The lowest BCUT2D eigenvalue weighted by Gasteiger charge is -2.17. The Morgan fingerprint density at radius 3 is 2.42 bits per heavy atom. The largest absolute Gasteiger partial charge is 0.348 e. The molecule has 0 bridgehead atoms. The number of aryl methyl sites for hydroxylation is 2. The highest BCUT2D eigenvalue weighted by atomic mass is 16.1. The molecule has 0 aromatic heterocycles. The highest BCUT2D eigenvalue weighted by Crippen LogP contribution is 2.16. The third-order valence-corrected chi connectivity index (χ3v) is 4.92. The van der Waals surface area contributed by atoms with Gasteiger partial charge in [-0.1, -0.05) is 30.3 Å². The van der Waals surface area contributed by atoms with Crippen molar-refractivity contribution in [1.29, 1.82) is 0 Å². The fourth-order valence-electron chi connectivity index (χ4n) is 3.23. The van der Waals surface area contributed by atoms with Crippen molar-refractivity contribution in [3.05, 3.63) is 70.3 Å². The molecule has 1 heterocycles. The third-order valence-electron chi connectivity index (χ3n) is 4.92. The molecule has 1 aliphatic heterocycles. The zero-order valence-corrected chi connectivity index (χ0v) is 14.6. The Morgan fingerprint density at radius 1 is 1.00 bits per heavy atom. The molecule has 0 spiro atoms. The number of rotatable bonds is 5. The molecule has 1 saturated heterocycles. The highest BCUT2D eigenvalue weighted by molar-refractivity contribution is 5.94. The van der Waals surface area contributed by atoms with Crippen molar-refractivity contribution >= 4 is 5.91 Å². The van der Waals surface area contributed by atoms with Gasteiger partial charge in [0.2, 0.25) is 0 Å². The van der Waals surface area contributed by atoms with Crippen molar-refractivity contribution in [1.82, 2.24) is 10.2 Å². The summed E-state index contributed by atoms with van der Waals surface area (Å²) in [6.07, 6.45) is 2.59. The SMILES string of the molecule is Cc1ccc(C(=O)NCc2ccccc2CN2CCCC2)cc1C. The molecule has 0 aliphatic carbocycles. The van der Waals surface area contributed by atoms with Gasteiger partial charge in [-0.2, -0.15) is 0 Å². The summed E-state index contributed by atoms with van der Waals surface area (Å²) in [5, 5.41) is 3.07. The van der Waals surface area contributed by atoms with Crippen molar-refractivity contribution in [2.45, 2.75) is 39.8 Å². The smallest absolute Gasteiger partial charge is 0.251 e. The summed E-state index contributed by atoms with van der Waals surface area (Å²) in [5.74, 6) is -0.00549. The van der Waals surface area contributed by atoms with Gasteiger partial charge >= 0.3 is 0 Å². The minimum absolute atomic E-state index is 0.00549. The summed E-state index contributed by atoms with van der Waals surface area (Å²) in [4.78, 5) is 14.9. The predicted octanol–water partition coefficient (Wildman–Crippen LogP) is 3.83. The quantitative estimate of drug-likeness (QED) is 0.907. The van der Waals surface area contributed by atoms with Crippen molar-refractivity contribution in [2.24, 2.45) is 0 Å². The number of likely N-dealkylation sites (tertiary alicyclic amines) is 1. The normalized spacial score (nSPS) is 14.8. The van der Waals surface area contributed by atoms with E-state index in [1.807, 2.05) is 31.2 Å². The maximum atomic E-state index is 12.4. The van der Waals surface area contributed by atoms with Crippen LogP contribution in [0.4, 0.5) is 0 Å². The number of carbonyl (C=O) groups excluding carboxylic acids is 1. The first-order valence-corrected chi connectivity index (χ1v) is 8.78. The molecule has 2 aromatic carbocycles. The van der Waals surface area contributed by atoms with E-state index < -0.39 is 0 Å². The van der Waals surface area contributed by atoms with Crippen molar-refractivity contribution < 1.29 is 4.79 Å². The maximum Gasteiger partial charge on any atom is 0.251 e. The lowest BCUT2D eigenvalue weighted by molar-refractivity contribution is 0.0950. The van der Waals surface area contributed by atoms with Crippen LogP contribution in [-0.4, -0.2) is 23.9 Å². The molecule has 1 fully saturated rings. The van der Waals surface area contributed by atoms with E-state index >= 15 is 0 Å². The van der Waals surface area contributed by atoms with Crippen LogP contribution in [0.5, 0.6) is 0 Å². The second-order valence-electron chi connectivity index (χ2n) is 6.73. The molecule has 24 heavy (non-hydrogen) atoms. The van der Waals surface area contributed by atoms with Crippen LogP contribution < -0.4 is 5.32 Å². The van der Waals surface area contributed by atoms with Crippen LogP contribution in [0.2, 0.25) is 0 Å². The average molecular weight is 322 g/mol. The summed E-state index contributed by atoms with van der Waals surface area (Å²) in [6, 6.07) is 14.3. The first-order valence-electron chi connectivity index (χ1n) is 8.78. The third kappa shape index (κ3) is 4.04. The van der Waals surface area contributed by atoms with Crippen molar-refractivity contribution in [3.63, 3.8) is 0 Å². The summed E-state index contributed by atoms with van der Waals surface area (Å²) in [7, 11) is 0. The molecule has 0 atom stereocenters. The van der Waals surface area contributed by atoms with Gasteiger partial charge in [-0.15, -0.1) is 0 Å². The number of carbonyl (C=O) groups is 1. The molecule has 0 unspecified atom stereocenters. The van der Waals surface area contributed by atoms with Crippen molar-refractivity contribution in [2.75, 3.05) is 13.1 Å². The topological polar surface area (TPSA) is 32.3 Å². The number of benzene rings is 2.